The van der Waals surface area contributed by atoms with Gasteiger partial charge in [0.15, 0.2) is 0 Å². The highest BCUT2D eigenvalue weighted by Gasteiger charge is 2.14. The number of hydrogen-bond acceptors (Lipinski definition) is 3. The van der Waals surface area contributed by atoms with E-state index in [1.165, 1.54) is 6.92 Å². The van der Waals surface area contributed by atoms with Gasteiger partial charge in [0.1, 0.15) is 0 Å². The molecule has 1 aromatic rings. The average Bonchev–Trinajstić information content (AvgIpc) is 2.38. The van der Waals surface area contributed by atoms with E-state index in [0.29, 0.717) is 17.8 Å². The summed E-state index contributed by atoms with van der Waals surface area (Å²) in [4.78, 5) is 24.9. The van der Waals surface area contributed by atoms with Gasteiger partial charge in [0, 0.05) is 31.6 Å². The number of hydrogen-bond donors (Lipinski definition) is 1. The number of benzene rings is 1. The Morgan fingerprint density at radius 2 is 2.10 bits per heavy atom. The van der Waals surface area contributed by atoms with Crippen molar-refractivity contribution in [2.45, 2.75) is 33.2 Å². The molecular formula is C15H19N3O2. The Labute approximate surface area is 119 Å². The normalized spacial score (nSPS) is 9.95. The van der Waals surface area contributed by atoms with Crippen molar-refractivity contribution < 1.29 is 9.59 Å². The van der Waals surface area contributed by atoms with E-state index in [4.69, 9.17) is 5.26 Å². The zero-order valence-electron chi connectivity index (χ0n) is 12.0. The van der Waals surface area contributed by atoms with Crippen molar-refractivity contribution >= 4 is 17.5 Å². The van der Waals surface area contributed by atoms with Crippen molar-refractivity contribution in [1.29, 1.82) is 5.26 Å². The maximum absolute atomic E-state index is 11.8. The van der Waals surface area contributed by atoms with Gasteiger partial charge in [0.2, 0.25) is 11.8 Å². The van der Waals surface area contributed by atoms with E-state index >= 15 is 0 Å². The highest BCUT2D eigenvalue weighted by molar-refractivity contribution is 5.91. The molecule has 0 atom stereocenters. The molecule has 0 saturated heterocycles. The number of amides is 2. The van der Waals surface area contributed by atoms with Crippen molar-refractivity contribution in [2.24, 2.45) is 0 Å². The third-order valence-corrected chi connectivity index (χ3v) is 2.88. The summed E-state index contributed by atoms with van der Waals surface area (Å²) in [6.07, 6.45) is 0.231. The summed E-state index contributed by atoms with van der Waals surface area (Å²) in [6, 6.07) is 8.81. The van der Waals surface area contributed by atoms with Gasteiger partial charge in [0.05, 0.1) is 11.6 Å². The van der Waals surface area contributed by atoms with Gasteiger partial charge in [-0.1, -0.05) is 6.07 Å². The topological polar surface area (TPSA) is 73.2 Å². The number of rotatable bonds is 5. The molecule has 0 spiro atoms. The molecule has 20 heavy (non-hydrogen) atoms. The molecule has 1 aromatic carbocycles. The standard InChI is InChI=1S/C15H19N3O2/c1-11(2)18(12(3)19)8-7-15(20)17-14-6-4-5-13(9-14)10-16/h4-6,9,11H,7-8H2,1-3H3,(H,17,20). The molecule has 0 bridgehead atoms. The zero-order chi connectivity index (χ0) is 15.1. The third-order valence-electron chi connectivity index (χ3n) is 2.88. The van der Waals surface area contributed by atoms with Crippen LogP contribution in [0.25, 0.3) is 0 Å². The fourth-order valence-electron chi connectivity index (χ4n) is 1.89. The smallest absolute Gasteiger partial charge is 0.226 e. The third kappa shape index (κ3) is 4.73. The average molecular weight is 273 g/mol. The minimum absolute atomic E-state index is 0.0423. The quantitative estimate of drug-likeness (QED) is 0.893. The predicted octanol–water partition coefficient (Wildman–Crippen LogP) is 2.14. The molecule has 0 fully saturated rings. The molecule has 5 heteroatoms. The highest BCUT2D eigenvalue weighted by Crippen LogP contribution is 2.10. The van der Waals surface area contributed by atoms with Crippen LogP contribution in [0, 0.1) is 11.3 Å². The number of carbonyl (C=O) groups excluding carboxylic acids is 2. The Bertz CT molecular complexity index is 532. The summed E-state index contributed by atoms with van der Waals surface area (Å²) in [5.41, 5.74) is 1.09. The van der Waals surface area contributed by atoms with Crippen LogP contribution in [0.3, 0.4) is 0 Å². The van der Waals surface area contributed by atoms with Gasteiger partial charge in [-0.2, -0.15) is 5.26 Å². The van der Waals surface area contributed by atoms with Gasteiger partial charge in [-0.25, -0.2) is 0 Å². The van der Waals surface area contributed by atoms with E-state index in [2.05, 4.69) is 5.32 Å². The molecule has 0 unspecified atom stereocenters. The van der Waals surface area contributed by atoms with Gasteiger partial charge < -0.3 is 10.2 Å². The van der Waals surface area contributed by atoms with Crippen LogP contribution >= 0.6 is 0 Å². The zero-order valence-corrected chi connectivity index (χ0v) is 12.0. The lowest BCUT2D eigenvalue weighted by Gasteiger charge is -2.24. The summed E-state index contributed by atoms with van der Waals surface area (Å²) in [5.74, 6) is -0.216. The first-order chi connectivity index (χ1) is 9.43. The second kappa shape index (κ2) is 7.29. The predicted molar refractivity (Wildman–Crippen MR) is 76.9 cm³/mol. The molecule has 0 aliphatic carbocycles. The lowest BCUT2D eigenvalue weighted by Crippen LogP contribution is -2.37. The molecule has 106 valence electrons. The summed E-state index contributed by atoms with van der Waals surface area (Å²) >= 11 is 0. The Morgan fingerprint density at radius 3 is 2.65 bits per heavy atom. The summed E-state index contributed by atoms with van der Waals surface area (Å²) < 4.78 is 0. The maximum Gasteiger partial charge on any atom is 0.226 e. The molecule has 0 aliphatic rings. The molecule has 0 aliphatic heterocycles. The molecule has 0 saturated carbocycles. The number of nitriles is 1. The van der Waals surface area contributed by atoms with Crippen LogP contribution in [-0.4, -0.2) is 29.3 Å². The number of carbonyl (C=O) groups is 2. The monoisotopic (exact) mass is 273 g/mol. The first-order valence-corrected chi connectivity index (χ1v) is 6.51. The van der Waals surface area contributed by atoms with E-state index in [1.807, 2.05) is 19.9 Å². The van der Waals surface area contributed by atoms with Gasteiger partial charge in [0.25, 0.3) is 0 Å². The van der Waals surface area contributed by atoms with Gasteiger partial charge >= 0.3 is 0 Å². The largest absolute Gasteiger partial charge is 0.340 e. The van der Waals surface area contributed by atoms with Crippen LogP contribution in [0.4, 0.5) is 5.69 Å². The van der Waals surface area contributed by atoms with Crippen molar-refractivity contribution in [3.8, 4) is 6.07 Å². The Balaban J connectivity index is 2.55. The number of anilines is 1. The van der Waals surface area contributed by atoms with Crippen LogP contribution in [0.15, 0.2) is 24.3 Å². The maximum atomic E-state index is 11.8. The van der Waals surface area contributed by atoms with E-state index < -0.39 is 0 Å². The Hall–Kier alpha value is -2.35. The second-order valence-corrected chi connectivity index (χ2v) is 4.80. The van der Waals surface area contributed by atoms with Crippen LogP contribution in [0.5, 0.6) is 0 Å². The van der Waals surface area contributed by atoms with E-state index in [9.17, 15) is 9.59 Å². The van der Waals surface area contributed by atoms with Crippen molar-refractivity contribution in [1.82, 2.24) is 4.90 Å². The van der Waals surface area contributed by atoms with E-state index in [-0.39, 0.29) is 24.3 Å². The first-order valence-electron chi connectivity index (χ1n) is 6.51. The molecule has 2 amide bonds. The minimum atomic E-state index is -0.174. The van der Waals surface area contributed by atoms with Gasteiger partial charge in [-0.05, 0) is 32.0 Å². The van der Waals surface area contributed by atoms with Crippen molar-refractivity contribution in [3.63, 3.8) is 0 Å². The van der Waals surface area contributed by atoms with Crippen LogP contribution in [-0.2, 0) is 9.59 Å². The van der Waals surface area contributed by atoms with Crippen molar-refractivity contribution in [3.05, 3.63) is 29.8 Å². The fraction of sp³-hybridized carbons (Fsp3) is 0.400. The Morgan fingerprint density at radius 1 is 1.40 bits per heavy atom. The Kier molecular flexibility index (Phi) is 5.73. The second-order valence-electron chi connectivity index (χ2n) is 4.80. The van der Waals surface area contributed by atoms with Crippen LogP contribution < -0.4 is 5.32 Å². The van der Waals surface area contributed by atoms with Crippen LogP contribution in [0.1, 0.15) is 32.8 Å². The fourth-order valence-corrected chi connectivity index (χ4v) is 1.89. The molecule has 0 aromatic heterocycles. The van der Waals surface area contributed by atoms with Crippen LogP contribution in [0.2, 0.25) is 0 Å². The number of nitrogens with one attached hydrogen (secondary N) is 1. The number of nitrogens with zero attached hydrogens (tertiary/aromatic N) is 2. The molecule has 5 nitrogen and oxygen atoms in total. The molecule has 1 rings (SSSR count). The summed E-state index contributed by atoms with van der Waals surface area (Å²) in [7, 11) is 0. The molecular weight excluding hydrogens is 254 g/mol. The van der Waals surface area contributed by atoms with E-state index in [0.717, 1.165) is 0 Å². The van der Waals surface area contributed by atoms with Gasteiger partial charge in [-0.3, -0.25) is 9.59 Å². The first kappa shape index (κ1) is 15.7. The summed E-state index contributed by atoms with van der Waals surface area (Å²) in [6.45, 7) is 5.70. The molecule has 1 N–H and O–H groups in total. The molecule has 0 heterocycles. The highest BCUT2D eigenvalue weighted by atomic mass is 16.2. The van der Waals surface area contributed by atoms with Gasteiger partial charge in [-0.15, -0.1) is 0 Å². The van der Waals surface area contributed by atoms with Crippen molar-refractivity contribution in [2.75, 3.05) is 11.9 Å². The minimum Gasteiger partial charge on any atom is -0.340 e. The lowest BCUT2D eigenvalue weighted by molar-refractivity contribution is -0.130. The SMILES string of the molecule is CC(=O)N(CCC(=O)Nc1cccc(C#N)c1)C(C)C. The summed E-state index contributed by atoms with van der Waals surface area (Å²) in [5, 5.41) is 11.5. The molecule has 0 radical (unpaired) electrons. The lowest BCUT2D eigenvalue weighted by atomic mass is 10.2. The van der Waals surface area contributed by atoms with E-state index in [1.54, 1.807) is 29.2 Å².